The number of carbonyl (C=O) groups excluding carboxylic acids is 2. The standard InChI is InChI=1S/C17H10Cl3NO2S/c18-12-4-1-10(2-5-12)8-15-16(22)21(17(23)24-15)9-11-3-6-13(19)14(20)7-11/h1-8H,9H2/b15-8-. The summed E-state index contributed by atoms with van der Waals surface area (Å²) in [7, 11) is 0. The van der Waals surface area contributed by atoms with Crippen LogP contribution in [0.15, 0.2) is 47.4 Å². The van der Waals surface area contributed by atoms with Crippen molar-refractivity contribution < 1.29 is 9.59 Å². The van der Waals surface area contributed by atoms with E-state index in [2.05, 4.69) is 0 Å². The molecule has 0 aliphatic carbocycles. The third-order valence-corrected chi connectivity index (χ3v) is 5.26. The van der Waals surface area contributed by atoms with Gasteiger partial charge in [-0.25, -0.2) is 0 Å². The predicted octanol–water partition coefficient (Wildman–Crippen LogP) is 5.88. The summed E-state index contributed by atoms with van der Waals surface area (Å²) in [6, 6.07) is 12.1. The molecule has 24 heavy (non-hydrogen) atoms. The first-order valence-corrected chi connectivity index (χ1v) is 8.84. The van der Waals surface area contributed by atoms with Gasteiger partial charge in [0.15, 0.2) is 0 Å². The Kier molecular flexibility index (Phi) is 5.21. The van der Waals surface area contributed by atoms with Crippen LogP contribution in [-0.2, 0) is 11.3 Å². The number of amides is 2. The predicted molar refractivity (Wildman–Crippen MR) is 99.4 cm³/mol. The average Bonchev–Trinajstić information content (AvgIpc) is 2.81. The largest absolute Gasteiger partial charge is 0.293 e. The molecule has 0 unspecified atom stereocenters. The molecular weight excluding hydrogens is 389 g/mol. The molecule has 0 spiro atoms. The number of hydrogen-bond acceptors (Lipinski definition) is 3. The molecule has 3 rings (SSSR count). The molecule has 1 fully saturated rings. The van der Waals surface area contributed by atoms with Crippen LogP contribution in [0.4, 0.5) is 4.79 Å². The van der Waals surface area contributed by atoms with Crippen molar-refractivity contribution in [3.05, 3.63) is 73.6 Å². The fourth-order valence-corrected chi connectivity index (χ4v) is 3.45. The maximum atomic E-state index is 12.5. The molecule has 1 saturated heterocycles. The Bertz CT molecular complexity index is 849. The molecule has 122 valence electrons. The SMILES string of the molecule is O=C1S/C(=C\c2ccc(Cl)cc2)C(=O)N1Cc1ccc(Cl)c(Cl)c1. The number of benzene rings is 2. The molecule has 1 heterocycles. The molecular formula is C17H10Cl3NO2S. The zero-order valence-corrected chi connectivity index (χ0v) is 15.2. The van der Waals surface area contributed by atoms with Crippen LogP contribution < -0.4 is 0 Å². The van der Waals surface area contributed by atoms with Crippen molar-refractivity contribution in [3.63, 3.8) is 0 Å². The fraction of sp³-hybridized carbons (Fsp3) is 0.0588. The summed E-state index contributed by atoms with van der Waals surface area (Å²) >= 11 is 18.6. The highest BCUT2D eigenvalue weighted by molar-refractivity contribution is 8.18. The molecule has 0 saturated carbocycles. The van der Waals surface area contributed by atoms with Gasteiger partial charge in [0.05, 0.1) is 21.5 Å². The van der Waals surface area contributed by atoms with E-state index in [1.54, 1.807) is 48.5 Å². The minimum Gasteiger partial charge on any atom is -0.268 e. The highest BCUT2D eigenvalue weighted by Crippen LogP contribution is 2.34. The summed E-state index contributed by atoms with van der Waals surface area (Å²) in [5.74, 6) is -0.328. The van der Waals surface area contributed by atoms with Crippen molar-refractivity contribution >= 4 is 63.8 Å². The van der Waals surface area contributed by atoms with E-state index in [4.69, 9.17) is 34.8 Å². The number of halogens is 3. The van der Waals surface area contributed by atoms with Crippen LogP contribution in [-0.4, -0.2) is 16.0 Å². The first kappa shape index (κ1) is 17.4. The van der Waals surface area contributed by atoms with Gasteiger partial charge in [0.25, 0.3) is 11.1 Å². The van der Waals surface area contributed by atoms with Crippen molar-refractivity contribution in [1.82, 2.24) is 4.90 Å². The summed E-state index contributed by atoms with van der Waals surface area (Å²) in [5.41, 5.74) is 1.54. The zero-order valence-electron chi connectivity index (χ0n) is 12.1. The molecule has 2 amide bonds. The average molecular weight is 399 g/mol. The normalized spacial score (nSPS) is 16.3. The molecule has 2 aromatic rings. The van der Waals surface area contributed by atoms with Gasteiger partial charge in [-0.1, -0.05) is 53.0 Å². The van der Waals surface area contributed by atoms with Crippen LogP contribution in [0.5, 0.6) is 0 Å². The van der Waals surface area contributed by atoms with Gasteiger partial charge in [0.2, 0.25) is 0 Å². The second kappa shape index (κ2) is 7.19. The molecule has 1 aliphatic heterocycles. The molecule has 7 heteroatoms. The lowest BCUT2D eigenvalue weighted by atomic mass is 10.2. The Labute approximate surface area is 158 Å². The maximum Gasteiger partial charge on any atom is 0.293 e. The lowest BCUT2D eigenvalue weighted by molar-refractivity contribution is -0.123. The number of carbonyl (C=O) groups is 2. The number of thioether (sulfide) groups is 1. The zero-order chi connectivity index (χ0) is 17.3. The van der Waals surface area contributed by atoms with E-state index in [9.17, 15) is 9.59 Å². The molecule has 0 atom stereocenters. The van der Waals surface area contributed by atoms with Crippen molar-refractivity contribution in [1.29, 1.82) is 0 Å². The number of rotatable bonds is 3. The van der Waals surface area contributed by atoms with Gasteiger partial charge in [0, 0.05) is 5.02 Å². The third-order valence-electron chi connectivity index (χ3n) is 3.37. The lowest BCUT2D eigenvalue weighted by Crippen LogP contribution is -2.27. The number of nitrogens with zero attached hydrogens (tertiary/aromatic N) is 1. The highest BCUT2D eigenvalue weighted by atomic mass is 35.5. The van der Waals surface area contributed by atoms with Gasteiger partial charge >= 0.3 is 0 Å². The quantitative estimate of drug-likeness (QED) is 0.606. The first-order chi connectivity index (χ1) is 11.4. The molecule has 3 nitrogen and oxygen atoms in total. The van der Waals surface area contributed by atoms with Crippen LogP contribution in [0, 0.1) is 0 Å². The smallest absolute Gasteiger partial charge is 0.268 e. The van der Waals surface area contributed by atoms with E-state index in [-0.39, 0.29) is 17.7 Å². The van der Waals surface area contributed by atoms with E-state index < -0.39 is 0 Å². The van der Waals surface area contributed by atoms with E-state index >= 15 is 0 Å². The van der Waals surface area contributed by atoms with Gasteiger partial charge in [-0.2, -0.15) is 0 Å². The Morgan fingerprint density at radius 1 is 0.958 bits per heavy atom. The minimum atomic E-state index is -0.328. The monoisotopic (exact) mass is 397 g/mol. The van der Waals surface area contributed by atoms with E-state index in [0.29, 0.717) is 20.0 Å². The molecule has 0 N–H and O–H groups in total. The Morgan fingerprint density at radius 3 is 2.33 bits per heavy atom. The van der Waals surface area contributed by atoms with Crippen LogP contribution in [0.2, 0.25) is 15.1 Å². The van der Waals surface area contributed by atoms with Gasteiger partial charge in [-0.05, 0) is 53.2 Å². The second-order valence-corrected chi connectivity index (χ2v) is 7.31. The fourth-order valence-electron chi connectivity index (χ4n) is 2.17. The summed E-state index contributed by atoms with van der Waals surface area (Å²) in [4.78, 5) is 26.2. The van der Waals surface area contributed by atoms with Crippen LogP contribution >= 0.6 is 46.6 Å². The third kappa shape index (κ3) is 3.78. The van der Waals surface area contributed by atoms with Gasteiger partial charge in [-0.15, -0.1) is 0 Å². The van der Waals surface area contributed by atoms with Crippen molar-refractivity contribution in [2.24, 2.45) is 0 Å². The first-order valence-electron chi connectivity index (χ1n) is 6.89. The molecule has 0 radical (unpaired) electrons. The van der Waals surface area contributed by atoms with Crippen LogP contribution in [0.1, 0.15) is 11.1 Å². The van der Waals surface area contributed by atoms with E-state index in [1.807, 2.05) is 0 Å². The molecule has 0 aromatic heterocycles. The summed E-state index contributed by atoms with van der Waals surface area (Å²) in [6.07, 6.45) is 1.68. The van der Waals surface area contributed by atoms with E-state index in [1.165, 1.54) is 4.90 Å². The molecule has 2 aromatic carbocycles. The summed E-state index contributed by atoms with van der Waals surface area (Å²) in [6.45, 7) is 0.152. The number of hydrogen-bond donors (Lipinski definition) is 0. The Morgan fingerprint density at radius 2 is 1.67 bits per heavy atom. The van der Waals surface area contributed by atoms with Crippen molar-refractivity contribution in [2.45, 2.75) is 6.54 Å². The minimum absolute atomic E-state index is 0.152. The topological polar surface area (TPSA) is 37.4 Å². The lowest BCUT2D eigenvalue weighted by Gasteiger charge is -2.12. The maximum absolute atomic E-state index is 12.5. The second-order valence-electron chi connectivity index (χ2n) is 5.07. The van der Waals surface area contributed by atoms with Crippen molar-refractivity contribution in [3.8, 4) is 0 Å². The van der Waals surface area contributed by atoms with Gasteiger partial charge < -0.3 is 0 Å². The van der Waals surface area contributed by atoms with Crippen LogP contribution in [0.25, 0.3) is 6.08 Å². The molecule has 0 bridgehead atoms. The number of imide groups is 1. The van der Waals surface area contributed by atoms with Gasteiger partial charge in [0.1, 0.15) is 0 Å². The summed E-state index contributed by atoms with van der Waals surface area (Å²) < 4.78 is 0. The van der Waals surface area contributed by atoms with Gasteiger partial charge in [-0.3, -0.25) is 14.5 Å². The van der Waals surface area contributed by atoms with Crippen molar-refractivity contribution in [2.75, 3.05) is 0 Å². The molecule has 1 aliphatic rings. The Hall–Kier alpha value is -1.46. The highest BCUT2D eigenvalue weighted by Gasteiger charge is 2.35. The summed E-state index contributed by atoms with van der Waals surface area (Å²) in [5, 5.41) is 1.11. The Balaban J connectivity index is 1.81. The van der Waals surface area contributed by atoms with Crippen LogP contribution in [0.3, 0.4) is 0 Å². The van der Waals surface area contributed by atoms with E-state index in [0.717, 1.165) is 22.9 Å².